The van der Waals surface area contributed by atoms with E-state index in [1.165, 1.54) is 48.0 Å². The molecule has 0 atom stereocenters. The molecule has 5 aromatic rings. The molecule has 1 amide bonds. The zero-order chi connectivity index (χ0) is 46.3. The van der Waals surface area contributed by atoms with E-state index in [1.807, 2.05) is 63.2 Å². The number of nitrogens with one attached hydrogen (secondary N) is 2. The van der Waals surface area contributed by atoms with Crippen LogP contribution in [0.4, 0.5) is 5.69 Å². The molecule has 0 spiro atoms. The summed E-state index contributed by atoms with van der Waals surface area (Å²) in [5.74, 6) is 0.467. The zero-order valence-corrected chi connectivity index (χ0v) is 39.6. The number of aliphatic carboxylic acids is 2. The Labute approximate surface area is 385 Å². The average molecular weight is 969 g/mol. The van der Waals surface area contributed by atoms with Crippen molar-refractivity contribution in [2.75, 3.05) is 12.4 Å². The van der Waals surface area contributed by atoms with E-state index in [0.717, 1.165) is 76.0 Å². The number of anilines is 1. The van der Waals surface area contributed by atoms with Gasteiger partial charge in [-0.15, -0.1) is 0 Å². The van der Waals surface area contributed by atoms with E-state index < -0.39 is 11.9 Å². The molecule has 4 N–H and O–H groups in total. The van der Waals surface area contributed by atoms with Crippen LogP contribution in [0.2, 0.25) is 0 Å². The Bertz CT molecular complexity index is 2330. The second kappa shape index (κ2) is 23.8. The first-order chi connectivity index (χ1) is 29.9. The van der Waals surface area contributed by atoms with Crippen molar-refractivity contribution in [3.05, 3.63) is 156 Å². The van der Waals surface area contributed by atoms with Gasteiger partial charge in [-0.3, -0.25) is 24.0 Å². The molecule has 334 valence electrons. The number of esters is 1. The van der Waals surface area contributed by atoms with E-state index >= 15 is 0 Å². The number of carboxylic acids is 2. The van der Waals surface area contributed by atoms with Gasteiger partial charge in [-0.1, -0.05) is 90.0 Å². The molecule has 1 aromatic heterocycles. The third-order valence-corrected chi connectivity index (χ3v) is 12.5. The standard InChI is InChI=1S/C17H22N2O2.C16H16O2.C9H10O2.C7H7I.C3H6O2/c1-10-2-14(15(20)18-9-10)19-16(21)17-6-11-3-12(7-17)5-13(4-11)8-17;1-11-3-6-13(7-4-11)14-8-5-12(2)15(9-14)10-16(17)18;1-7-4-2-3-5-8(7)6-9(10)11;1-6-2-4-7(8)5-3-6;1-3(4)5-2/h2,9,11-13H,3-8H2,1H3,(H,18,20)(H,19,21);3-9H,10H2,1-2H3,(H,17,18);2-5H,6H2,1H3,(H,10,11);2-5H,1H3;1-2H3. The molecule has 0 aliphatic heterocycles. The Hall–Kier alpha value is -5.56. The Morgan fingerprint density at radius 2 is 1.16 bits per heavy atom. The van der Waals surface area contributed by atoms with Gasteiger partial charge in [0, 0.05) is 16.7 Å². The second-order valence-corrected chi connectivity index (χ2v) is 18.4. The summed E-state index contributed by atoms with van der Waals surface area (Å²) < 4.78 is 5.41. The van der Waals surface area contributed by atoms with E-state index in [-0.39, 0.29) is 35.7 Å². The van der Waals surface area contributed by atoms with Crippen molar-refractivity contribution < 1.29 is 34.1 Å². The maximum atomic E-state index is 12.9. The normalized spacial score (nSPS) is 18.6. The largest absolute Gasteiger partial charge is 0.481 e. The van der Waals surface area contributed by atoms with Gasteiger partial charge in [0.1, 0.15) is 5.69 Å². The Balaban J connectivity index is 0.000000187. The smallest absolute Gasteiger partial charge is 0.307 e. The third-order valence-electron chi connectivity index (χ3n) is 11.8. The van der Waals surface area contributed by atoms with E-state index in [9.17, 15) is 24.0 Å². The van der Waals surface area contributed by atoms with Crippen LogP contribution in [0.1, 0.15) is 84.4 Å². The fourth-order valence-electron chi connectivity index (χ4n) is 8.78. The first kappa shape index (κ1) is 50.1. The highest BCUT2D eigenvalue weighted by Crippen LogP contribution is 2.60. The number of amides is 1. The van der Waals surface area contributed by atoms with Gasteiger partial charge >= 0.3 is 17.9 Å². The molecule has 4 aromatic carbocycles. The van der Waals surface area contributed by atoms with Crippen LogP contribution in [0.5, 0.6) is 0 Å². The highest BCUT2D eigenvalue weighted by Gasteiger charge is 2.54. The first-order valence-corrected chi connectivity index (χ1v) is 22.4. The summed E-state index contributed by atoms with van der Waals surface area (Å²) in [6.45, 7) is 11.3. The highest BCUT2D eigenvalue weighted by molar-refractivity contribution is 14.1. The number of carboxylic acid groups (broad SMARTS) is 2. The highest BCUT2D eigenvalue weighted by atomic mass is 127. The fraction of sp³-hybridized carbons (Fsp3) is 0.365. The van der Waals surface area contributed by atoms with Gasteiger partial charge in [0.25, 0.3) is 5.56 Å². The molecule has 4 aliphatic carbocycles. The number of ether oxygens (including phenoxy) is 1. The van der Waals surface area contributed by atoms with Crippen LogP contribution < -0.4 is 10.9 Å². The van der Waals surface area contributed by atoms with Crippen molar-refractivity contribution in [1.82, 2.24) is 4.98 Å². The molecule has 0 saturated heterocycles. The van der Waals surface area contributed by atoms with Crippen LogP contribution in [0, 0.1) is 61.4 Å². The Kier molecular flexibility index (Phi) is 18.9. The number of carbonyl (C=O) groups is 4. The summed E-state index contributed by atoms with van der Waals surface area (Å²) in [4.78, 5) is 58.1. The van der Waals surface area contributed by atoms with Gasteiger partial charge in [-0.05, 0) is 171 Å². The first-order valence-electron chi connectivity index (χ1n) is 21.3. The number of rotatable bonds is 7. The fourth-order valence-corrected chi connectivity index (χ4v) is 9.14. The molecule has 0 radical (unpaired) electrons. The Morgan fingerprint density at radius 1 is 0.683 bits per heavy atom. The lowest BCUT2D eigenvalue weighted by atomic mass is 9.49. The summed E-state index contributed by atoms with van der Waals surface area (Å²) in [6.07, 6.45) is 8.88. The molecule has 11 heteroatoms. The van der Waals surface area contributed by atoms with E-state index in [0.29, 0.717) is 5.69 Å². The summed E-state index contributed by atoms with van der Waals surface area (Å²) in [5, 5.41) is 20.3. The van der Waals surface area contributed by atoms with Crippen LogP contribution >= 0.6 is 22.6 Å². The lowest BCUT2D eigenvalue weighted by molar-refractivity contribution is -0.140. The number of aryl methyl sites for hydroxylation is 5. The van der Waals surface area contributed by atoms with E-state index in [1.54, 1.807) is 12.3 Å². The molecule has 0 unspecified atom stereocenters. The number of benzene rings is 4. The van der Waals surface area contributed by atoms with Gasteiger partial charge in [-0.25, -0.2) is 0 Å². The lowest BCUT2D eigenvalue weighted by Gasteiger charge is -2.55. The van der Waals surface area contributed by atoms with Gasteiger partial charge < -0.3 is 25.3 Å². The summed E-state index contributed by atoms with van der Waals surface area (Å²) >= 11 is 2.30. The number of aromatic amines is 1. The van der Waals surface area contributed by atoms with Crippen molar-refractivity contribution in [2.45, 2.75) is 92.9 Å². The quantitative estimate of drug-likeness (QED) is 0.0925. The molecular formula is C52H61IN2O8. The molecule has 4 aliphatic rings. The van der Waals surface area contributed by atoms with Crippen LogP contribution in [0.15, 0.2) is 108 Å². The molecule has 4 fully saturated rings. The van der Waals surface area contributed by atoms with Crippen molar-refractivity contribution in [2.24, 2.45) is 23.2 Å². The van der Waals surface area contributed by atoms with Gasteiger partial charge in [0.2, 0.25) is 5.91 Å². The molecule has 63 heavy (non-hydrogen) atoms. The van der Waals surface area contributed by atoms with Crippen LogP contribution in [0.3, 0.4) is 0 Å². The number of methoxy groups -OCH3 is 1. The zero-order valence-electron chi connectivity index (χ0n) is 37.4. The topological polar surface area (TPSA) is 163 Å². The van der Waals surface area contributed by atoms with E-state index in [4.69, 9.17) is 10.2 Å². The minimum atomic E-state index is -0.792. The molecule has 4 saturated carbocycles. The predicted molar refractivity (Wildman–Crippen MR) is 258 cm³/mol. The van der Waals surface area contributed by atoms with Crippen LogP contribution in [0.25, 0.3) is 11.1 Å². The number of halogens is 1. The average Bonchev–Trinajstić information content (AvgIpc) is 3.22. The molecule has 1 heterocycles. The number of carbonyl (C=O) groups excluding carboxylic acids is 2. The minimum Gasteiger partial charge on any atom is -0.481 e. The van der Waals surface area contributed by atoms with Crippen molar-refractivity contribution in [3.63, 3.8) is 0 Å². The monoisotopic (exact) mass is 968 g/mol. The number of pyridine rings is 1. The van der Waals surface area contributed by atoms with Crippen molar-refractivity contribution >= 4 is 52.1 Å². The second-order valence-electron chi connectivity index (χ2n) is 17.1. The lowest BCUT2D eigenvalue weighted by Crippen LogP contribution is -2.52. The number of hydrogen-bond acceptors (Lipinski definition) is 6. The molecular weight excluding hydrogens is 907 g/mol. The molecule has 10 nitrogen and oxygen atoms in total. The summed E-state index contributed by atoms with van der Waals surface area (Å²) in [5.41, 5.74) is 9.49. The maximum Gasteiger partial charge on any atom is 0.307 e. The summed E-state index contributed by atoms with van der Waals surface area (Å²) in [6, 6.07) is 31.9. The maximum absolute atomic E-state index is 12.9. The van der Waals surface area contributed by atoms with Gasteiger partial charge in [-0.2, -0.15) is 0 Å². The Morgan fingerprint density at radius 3 is 1.65 bits per heavy atom. The molecule has 4 bridgehead atoms. The number of aromatic nitrogens is 1. The minimum absolute atomic E-state index is 0.0749. The van der Waals surface area contributed by atoms with Gasteiger partial charge in [0.15, 0.2) is 0 Å². The predicted octanol–water partition coefficient (Wildman–Crippen LogP) is 10.8. The van der Waals surface area contributed by atoms with E-state index in [2.05, 4.69) is 100 Å². The third kappa shape index (κ3) is 15.9. The molecule has 9 rings (SSSR count). The number of hydrogen-bond donors (Lipinski definition) is 4. The van der Waals surface area contributed by atoms with Crippen LogP contribution in [-0.4, -0.2) is 46.1 Å². The number of H-pyrrole nitrogens is 1. The summed E-state index contributed by atoms with van der Waals surface area (Å²) in [7, 11) is 1.35. The van der Waals surface area contributed by atoms with Crippen molar-refractivity contribution in [3.8, 4) is 11.1 Å². The van der Waals surface area contributed by atoms with Gasteiger partial charge in [0.05, 0.1) is 25.4 Å². The van der Waals surface area contributed by atoms with Crippen molar-refractivity contribution in [1.29, 1.82) is 0 Å². The SMILES string of the molecule is COC(C)=O.Cc1c[nH]c(=O)c(NC(=O)C23CC4CC(CC(C4)C2)C3)c1.Cc1ccc(-c2ccc(C)c(CC(=O)O)c2)cc1.Cc1ccc(I)cc1.Cc1ccccc1CC(=O)O. The van der Waals surface area contributed by atoms with Crippen LogP contribution in [-0.2, 0) is 36.8 Å².